The lowest BCUT2D eigenvalue weighted by Gasteiger charge is -2.24. The average molecular weight is 461 g/mol. The second-order valence-electron chi connectivity index (χ2n) is 6.90. The number of aryl methyl sites for hydroxylation is 1. The highest BCUT2D eigenvalue weighted by atomic mass is 127. The van der Waals surface area contributed by atoms with Crippen molar-refractivity contribution in [2.24, 2.45) is 4.99 Å². The molecule has 2 N–H and O–H groups in total. The van der Waals surface area contributed by atoms with E-state index in [-0.39, 0.29) is 24.0 Å². The lowest BCUT2D eigenvalue weighted by molar-refractivity contribution is 0.242. The van der Waals surface area contributed by atoms with Gasteiger partial charge in [-0.15, -0.1) is 24.0 Å². The maximum Gasteiger partial charge on any atom is 0.191 e. The predicted molar refractivity (Wildman–Crippen MR) is 111 cm³/mol. The van der Waals surface area contributed by atoms with Crippen molar-refractivity contribution in [2.75, 3.05) is 19.6 Å². The molecule has 1 aliphatic carbocycles. The van der Waals surface area contributed by atoms with Crippen LogP contribution < -0.4 is 10.6 Å². The number of aliphatic imine (C=N–C) groups is 1. The van der Waals surface area contributed by atoms with E-state index in [1.807, 2.05) is 6.07 Å². The fourth-order valence-corrected chi connectivity index (χ4v) is 3.77. The van der Waals surface area contributed by atoms with Gasteiger partial charge < -0.3 is 15.2 Å². The quantitative estimate of drug-likeness (QED) is 0.388. The predicted octanol–water partition coefficient (Wildman–Crippen LogP) is 2.93. The number of guanidine groups is 1. The largest absolute Gasteiger partial charge is 0.359 e. The molecule has 2 heterocycles. The van der Waals surface area contributed by atoms with Crippen molar-refractivity contribution in [3.05, 3.63) is 17.5 Å². The summed E-state index contributed by atoms with van der Waals surface area (Å²) < 4.78 is 5.32. The maximum absolute atomic E-state index is 5.32. The highest BCUT2D eigenvalue weighted by Gasteiger charge is 2.30. The molecule has 2 fully saturated rings. The van der Waals surface area contributed by atoms with Crippen molar-refractivity contribution >= 4 is 29.9 Å². The van der Waals surface area contributed by atoms with Gasteiger partial charge in [0.1, 0.15) is 6.54 Å². The third-order valence-electron chi connectivity index (χ3n) is 5.11. The van der Waals surface area contributed by atoms with Gasteiger partial charge in [0.05, 0.1) is 5.69 Å². The molecule has 0 radical (unpaired) electrons. The monoisotopic (exact) mass is 461 g/mol. The second-order valence-corrected chi connectivity index (χ2v) is 6.90. The zero-order valence-corrected chi connectivity index (χ0v) is 17.8. The van der Waals surface area contributed by atoms with E-state index in [2.05, 4.69) is 39.5 Å². The Morgan fingerprint density at radius 1 is 1.32 bits per heavy atom. The molecular formula is C18H32IN5O. The first kappa shape index (κ1) is 20.5. The van der Waals surface area contributed by atoms with Crippen LogP contribution in [0.5, 0.6) is 0 Å². The molecule has 0 bridgehead atoms. The van der Waals surface area contributed by atoms with Crippen molar-refractivity contribution in [1.82, 2.24) is 20.7 Å². The van der Waals surface area contributed by atoms with Crippen molar-refractivity contribution in [3.8, 4) is 0 Å². The van der Waals surface area contributed by atoms with E-state index >= 15 is 0 Å². The highest BCUT2D eigenvalue weighted by molar-refractivity contribution is 14.0. The topological polar surface area (TPSA) is 65.7 Å². The minimum absolute atomic E-state index is 0. The van der Waals surface area contributed by atoms with Gasteiger partial charge in [-0.25, -0.2) is 4.99 Å². The lowest BCUT2D eigenvalue weighted by Crippen LogP contribution is -2.45. The van der Waals surface area contributed by atoms with Gasteiger partial charge in [0.2, 0.25) is 0 Å². The molecule has 6 nitrogen and oxygen atoms in total. The third-order valence-corrected chi connectivity index (χ3v) is 5.11. The first-order chi connectivity index (χ1) is 11.8. The van der Waals surface area contributed by atoms with E-state index in [4.69, 9.17) is 4.52 Å². The van der Waals surface area contributed by atoms with Gasteiger partial charge in [-0.1, -0.05) is 24.9 Å². The standard InChI is InChI=1S/C18H31N5O.HI/c1-3-14-11-17(24-22-14)12-20-18(19-4-2)21-15-9-10-23(13-15)16-7-5-6-8-16;/h11,15-16H,3-10,12-13H2,1-2H3,(H2,19,20,21);1H. The van der Waals surface area contributed by atoms with Gasteiger partial charge in [-0.3, -0.25) is 4.90 Å². The molecule has 3 rings (SSSR count). The van der Waals surface area contributed by atoms with Crippen LogP contribution in [0.3, 0.4) is 0 Å². The average Bonchev–Trinajstić information content (AvgIpc) is 3.33. The van der Waals surface area contributed by atoms with E-state index in [1.165, 1.54) is 38.6 Å². The van der Waals surface area contributed by atoms with Crippen LogP contribution in [-0.4, -0.2) is 47.7 Å². The Balaban J connectivity index is 0.00000225. The SMILES string of the molecule is CCNC(=NCc1cc(CC)no1)NC1CCN(C2CCCC2)C1.I. The molecule has 1 saturated heterocycles. The molecule has 2 aliphatic rings. The summed E-state index contributed by atoms with van der Waals surface area (Å²) in [7, 11) is 0. The first-order valence-corrected chi connectivity index (χ1v) is 9.51. The normalized spacial score (nSPS) is 22.2. The van der Waals surface area contributed by atoms with Crippen molar-refractivity contribution in [1.29, 1.82) is 0 Å². The number of nitrogens with zero attached hydrogens (tertiary/aromatic N) is 3. The molecule has 0 aromatic carbocycles. The van der Waals surface area contributed by atoms with Crippen LogP contribution in [0.2, 0.25) is 0 Å². The van der Waals surface area contributed by atoms with Crippen molar-refractivity contribution in [3.63, 3.8) is 0 Å². The van der Waals surface area contributed by atoms with E-state index in [0.29, 0.717) is 12.6 Å². The molecule has 142 valence electrons. The van der Waals surface area contributed by atoms with Gasteiger partial charge in [-0.05, 0) is 32.6 Å². The Hall–Kier alpha value is -0.830. The smallest absolute Gasteiger partial charge is 0.191 e. The molecule has 25 heavy (non-hydrogen) atoms. The molecule has 1 aliphatic heterocycles. The lowest BCUT2D eigenvalue weighted by atomic mass is 10.2. The Labute approximate surface area is 168 Å². The molecule has 1 aromatic heterocycles. The number of halogens is 1. The fourth-order valence-electron chi connectivity index (χ4n) is 3.77. The number of hydrogen-bond acceptors (Lipinski definition) is 4. The van der Waals surface area contributed by atoms with Gasteiger partial charge in [0, 0.05) is 37.8 Å². The van der Waals surface area contributed by atoms with E-state index in [0.717, 1.165) is 43.0 Å². The number of rotatable bonds is 6. The van der Waals surface area contributed by atoms with E-state index in [9.17, 15) is 0 Å². The molecule has 0 spiro atoms. The number of nitrogens with one attached hydrogen (secondary N) is 2. The summed E-state index contributed by atoms with van der Waals surface area (Å²) in [5.41, 5.74) is 0.987. The Bertz CT molecular complexity index is 541. The summed E-state index contributed by atoms with van der Waals surface area (Å²) >= 11 is 0. The Morgan fingerprint density at radius 3 is 2.80 bits per heavy atom. The molecule has 1 aromatic rings. The second kappa shape index (κ2) is 10.4. The molecule has 1 atom stereocenters. The zero-order valence-electron chi connectivity index (χ0n) is 15.5. The third kappa shape index (κ3) is 5.84. The highest BCUT2D eigenvalue weighted by Crippen LogP contribution is 2.26. The Morgan fingerprint density at radius 2 is 2.12 bits per heavy atom. The van der Waals surface area contributed by atoms with E-state index < -0.39 is 0 Å². The van der Waals surface area contributed by atoms with Crippen LogP contribution in [-0.2, 0) is 13.0 Å². The number of hydrogen-bond donors (Lipinski definition) is 2. The van der Waals surface area contributed by atoms with Crippen LogP contribution in [0.4, 0.5) is 0 Å². The van der Waals surface area contributed by atoms with Crippen LogP contribution in [0.1, 0.15) is 57.4 Å². The minimum atomic E-state index is 0. The van der Waals surface area contributed by atoms with Crippen LogP contribution in [0.25, 0.3) is 0 Å². The summed E-state index contributed by atoms with van der Waals surface area (Å²) in [6.07, 6.45) is 7.66. The summed E-state index contributed by atoms with van der Waals surface area (Å²) in [5.74, 6) is 1.70. The van der Waals surface area contributed by atoms with E-state index in [1.54, 1.807) is 0 Å². The summed E-state index contributed by atoms with van der Waals surface area (Å²) in [4.78, 5) is 7.32. The summed E-state index contributed by atoms with van der Waals surface area (Å²) in [6.45, 7) is 7.91. The van der Waals surface area contributed by atoms with Gasteiger partial charge in [0.15, 0.2) is 11.7 Å². The van der Waals surface area contributed by atoms with Gasteiger partial charge >= 0.3 is 0 Å². The number of likely N-dealkylation sites (tertiary alicyclic amines) is 1. The number of aromatic nitrogens is 1. The van der Waals surface area contributed by atoms with Crippen molar-refractivity contribution in [2.45, 2.75) is 71.0 Å². The molecule has 1 saturated carbocycles. The van der Waals surface area contributed by atoms with Crippen LogP contribution >= 0.6 is 24.0 Å². The summed E-state index contributed by atoms with van der Waals surface area (Å²) in [5, 5.41) is 11.0. The Kier molecular flexibility index (Phi) is 8.48. The fraction of sp³-hybridized carbons (Fsp3) is 0.778. The van der Waals surface area contributed by atoms with Crippen LogP contribution in [0, 0.1) is 0 Å². The minimum Gasteiger partial charge on any atom is -0.359 e. The van der Waals surface area contributed by atoms with Gasteiger partial charge in [0.25, 0.3) is 0 Å². The zero-order chi connectivity index (χ0) is 16.8. The van der Waals surface area contributed by atoms with Gasteiger partial charge in [-0.2, -0.15) is 0 Å². The molecular weight excluding hydrogens is 429 g/mol. The maximum atomic E-state index is 5.32. The van der Waals surface area contributed by atoms with Crippen LogP contribution in [0.15, 0.2) is 15.6 Å². The molecule has 7 heteroatoms. The van der Waals surface area contributed by atoms with Crippen molar-refractivity contribution < 1.29 is 4.52 Å². The first-order valence-electron chi connectivity index (χ1n) is 9.51. The molecule has 0 amide bonds. The summed E-state index contributed by atoms with van der Waals surface area (Å²) in [6, 6.07) is 3.30. The molecule has 1 unspecified atom stereocenters.